The highest BCUT2D eigenvalue weighted by Crippen LogP contribution is 2.38. The molecule has 1 aliphatic heterocycles. The van der Waals surface area contributed by atoms with Gasteiger partial charge in [-0.3, -0.25) is 9.10 Å². The van der Waals surface area contributed by atoms with Crippen LogP contribution in [-0.4, -0.2) is 67.3 Å². The lowest BCUT2D eigenvalue weighted by Gasteiger charge is -2.41. The number of anilines is 1. The van der Waals surface area contributed by atoms with Crippen molar-refractivity contribution in [3.63, 3.8) is 0 Å². The number of piperidine rings is 1. The van der Waals surface area contributed by atoms with Gasteiger partial charge in [-0.2, -0.15) is 0 Å². The zero-order valence-electron chi connectivity index (χ0n) is 25.3. The number of likely N-dealkylation sites (tertiary alicyclic amines) is 1. The number of nitrogens with one attached hydrogen (secondary N) is 2. The standard InChI is InChI=1S/C32H38N4O5S3/c1-31(2,3)41-30(38)36-17-15-32(16-18-36,43-21-23-10-6-5-7-11-23)22-33-29(37)25-20-24-12-8-13-26(28(24)34-25)35(4)44(39,40)27-14-9-19-42-27/h5-14,19-20,34H,15-18,21-22H2,1-4H3,(H,33,37). The highest BCUT2D eigenvalue weighted by atomic mass is 32.2. The summed E-state index contributed by atoms with van der Waals surface area (Å²) in [6, 6.07) is 20.6. The highest BCUT2D eigenvalue weighted by Gasteiger charge is 2.38. The minimum absolute atomic E-state index is 0.248. The van der Waals surface area contributed by atoms with Crippen LogP contribution in [0.3, 0.4) is 0 Å². The lowest BCUT2D eigenvalue weighted by molar-refractivity contribution is 0.0196. The third kappa shape index (κ3) is 7.24. The maximum Gasteiger partial charge on any atom is 0.410 e. The van der Waals surface area contributed by atoms with Crippen LogP contribution in [0, 0.1) is 0 Å². The Kier molecular flexibility index (Phi) is 9.33. The number of thiophene rings is 1. The molecule has 2 amide bonds. The molecule has 0 atom stereocenters. The number of rotatable bonds is 9. The van der Waals surface area contributed by atoms with Crippen LogP contribution in [0.4, 0.5) is 10.5 Å². The Morgan fingerprint density at radius 2 is 1.80 bits per heavy atom. The van der Waals surface area contributed by atoms with Crippen molar-refractivity contribution >= 4 is 61.7 Å². The molecule has 2 aromatic carbocycles. The monoisotopic (exact) mass is 654 g/mol. The second kappa shape index (κ2) is 12.9. The number of hydrogen-bond acceptors (Lipinski definition) is 7. The van der Waals surface area contributed by atoms with Crippen molar-refractivity contribution in [2.24, 2.45) is 0 Å². The fourth-order valence-corrected chi connectivity index (χ4v) is 8.82. The maximum absolute atomic E-state index is 13.5. The normalized spacial score (nSPS) is 15.2. The van der Waals surface area contributed by atoms with E-state index >= 15 is 0 Å². The molecule has 5 rings (SSSR count). The van der Waals surface area contributed by atoms with E-state index in [4.69, 9.17) is 4.74 Å². The van der Waals surface area contributed by atoms with E-state index in [1.54, 1.807) is 52.4 Å². The third-order valence-corrected chi connectivity index (χ3v) is 12.4. The second-order valence-corrected chi connectivity index (χ2v) is 16.5. The summed E-state index contributed by atoms with van der Waals surface area (Å²) in [7, 11) is -2.23. The summed E-state index contributed by atoms with van der Waals surface area (Å²) < 4.78 is 33.2. The molecule has 44 heavy (non-hydrogen) atoms. The first-order valence-corrected chi connectivity index (χ1v) is 17.8. The molecule has 4 aromatic rings. The van der Waals surface area contributed by atoms with Gasteiger partial charge >= 0.3 is 6.09 Å². The maximum atomic E-state index is 13.5. The smallest absolute Gasteiger partial charge is 0.410 e. The summed E-state index contributed by atoms with van der Waals surface area (Å²) in [4.78, 5) is 31.1. The number of ether oxygens (including phenoxy) is 1. The number of para-hydroxylation sites is 1. The van der Waals surface area contributed by atoms with Crippen LogP contribution in [0.25, 0.3) is 10.9 Å². The van der Waals surface area contributed by atoms with Gasteiger partial charge < -0.3 is 19.9 Å². The SMILES string of the molecule is CN(c1cccc2cc(C(=O)NCC3(SCc4ccccc4)CCN(C(=O)OC(C)(C)C)CC3)[nH]c12)S(=O)(=O)c1cccs1. The van der Waals surface area contributed by atoms with Crippen LogP contribution in [0.1, 0.15) is 49.7 Å². The number of fused-ring (bicyclic) bond motifs is 1. The van der Waals surface area contributed by atoms with Crippen molar-refractivity contribution < 1.29 is 22.7 Å². The number of benzene rings is 2. The molecule has 1 fully saturated rings. The fourth-order valence-electron chi connectivity index (χ4n) is 5.14. The van der Waals surface area contributed by atoms with Crippen LogP contribution >= 0.6 is 23.1 Å². The number of aromatic nitrogens is 1. The number of H-pyrrole nitrogens is 1. The number of amides is 2. The summed E-state index contributed by atoms with van der Waals surface area (Å²) in [5, 5.41) is 5.60. The Morgan fingerprint density at radius 3 is 2.45 bits per heavy atom. The Bertz CT molecular complexity index is 1710. The van der Waals surface area contributed by atoms with Crippen LogP contribution in [-0.2, 0) is 20.5 Å². The van der Waals surface area contributed by atoms with Gasteiger partial charge in [-0.25, -0.2) is 13.2 Å². The van der Waals surface area contributed by atoms with Crippen LogP contribution in [0.5, 0.6) is 0 Å². The zero-order valence-corrected chi connectivity index (χ0v) is 27.8. The largest absolute Gasteiger partial charge is 0.444 e. The zero-order chi connectivity index (χ0) is 31.5. The first-order valence-electron chi connectivity index (χ1n) is 14.5. The quantitative estimate of drug-likeness (QED) is 0.214. The van der Waals surface area contributed by atoms with Crippen molar-refractivity contribution in [2.45, 2.75) is 53.9 Å². The summed E-state index contributed by atoms with van der Waals surface area (Å²) in [6.45, 7) is 7.06. The predicted molar refractivity (Wildman–Crippen MR) is 178 cm³/mol. The molecule has 12 heteroatoms. The van der Waals surface area contributed by atoms with Crippen molar-refractivity contribution in [1.29, 1.82) is 0 Å². The van der Waals surface area contributed by atoms with E-state index in [2.05, 4.69) is 22.4 Å². The van der Waals surface area contributed by atoms with E-state index in [9.17, 15) is 18.0 Å². The molecule has 0 saturated carbocycles. The predicted octanol–water partition coefficient (Wildman–Crippen LogP) is 6.49. The minimum atomic E-state index is -3.74. The summed E-state index contributed by atoms with van der Waals surface area (Å²) in [6.07, 6.45) is 1.08. The summed E-state index contributed by atoms with van der Waals surface area (Å²) in [5.41, 5.74) is 2.01. The van der Waals surface area contributed by atoms with Crippen molar-refractivity contribution in [2.75, 3.05) is 31.0 Å². The molecule has 3 heterocycles. The molecular formula is C32H38N4O5S3. The molecule has 234 valence electrons. The molecule has 9 nitrogen and oxygen atoms in total. The van der Waals surface area contributed by atoms with Crippen molar-refractivity contribution in [1.82, 2.24) is 15.2 Å². The third-order valence-electron chi connectivity index (χ3n) is 7.61. The second-order valence-electron chi connectivity index (χ2n) is 11.9. The van der Waals surface area contributed by atoms with E-state index in [0.717, 1.165) is 22.5 Å². The Balaban J connectivity index is 1.32. The van der Waals surface area contributed by atoms with Crippen molar-refractivity contribution in [3.8, 4) is 0 Å². The lowest BCUT2D eigenvalue weighted by atomic mass is 9.95. The van der Waals surface area contributed by atoms with Gasteiger partial charge in [0.05, 0.1) is 11.2 Å². The van der Waals surface area contributed by atoms with Gasteiger partial charge in [0.15, 0.2) is 0 Å². The van der Waals surface area contributed by atoms with Gasteiger partial charge in [0.25, 0.3) is 15.9 Å². The number of sulfonamides is 1. The molecule has 0 spiro atoms. The molecule has 2 N–H and O–H groups in total. The molecule has 1 saturated heterocycles. The number of hydrogen-bond donors (Lipinski definition) is 2. The Morgan fingerprint density at radius 1 is 1.07 bits per heavy atom. The Hall–Kier alpha value is -3.48. The number of thioether (sulfide) groups is 1. The first-order chi connectivity index (χ1) is 20.9. The van der Waals surface area contributed by atoms with E-state index < -0.39 is 15.6 Å². The molecule has 1 aliphatic rings. The molecule has 0 bridgehead atoms. The van der Waals surface area contributed by atoms with Gasteiger partial charge in [0, 0.05) is 42.6 Å². The molecule has 0 unspecified atom stereocenters. The van der Waals surface area contributed by atoms with Gasteiger partial charge in [0.1, 0.15) is 15.5 Å². The van der Waals surface area contributed by atoms with Gasteiger partial charge in [0.2, 0.25) is 0 Å². The molecule has 0 aliphatic carbocycles. The average Bonchev–Trinajstić information content (AvgIpc) is 3.70. The minimum Gasteiger partial charge on any atom is -0.444 e. The van der Waals surface area contributed by atoms with E-state index in [0.29, 0.717) is 49.4 Å². The van der Waals surface area contributed by atoms with Gasteiger partial charge in [-0.05, 0) is 62.8 Å². The average molecular weight is 655 g/mol. The van der Waals surface area contributed by atoms with Gasteiger partial charge in [-0.1, -0.05) is 48.5 Å². The molecular weight excluding hydrogens is 617 g/mol. The van der Waals surface area contributed by atoms with Crippen LogP contribution < -0.4 is 9.62 Å². The van der Waals surface area contributed by atoms with Crippen LogP contribution in [0.15, 0.2) is 76.3 Å². The first kappa shape index (κ1) is 31.9. The van der Waals surface area contributed by atoms with Crippen molar-refractivity contribution in [3.05, 3.63) is 83.4 Å². The summed E-state index contributed by atoms with van der Waals surface area (Å²) >= 11 is 2.96. The number of aromatic amines is 1. The molecule has 2 aromatic heterocycles. The van der Waals surface area contributed by atoms with E-state index in [1.807, 2.05) is 45.0 Å². The van der Waals surface area contributed by atoms with Gasteiger partial charge in [-0.15, -0.1) is 23.1 Å². The number of carbonyl (C=O) groups excluding carboxylic acids is 2. The molecule has 0 radical (unpaired) electrons. The number of carbonyl (C=O) groups is 2. The van der Waals surface area contributed by atoms with E-state index in [1.165, 1.54) is 16.9 Å². The number of nitrogens with zero attached hydrogens (tertiary/aromatic N) is 2. The lowest BCUT2D eigenvalue weighted by Crippen LogP contribution is -2.51. The van der Waals surface area contributed by atoms with Crippen LogP contribution in [0.2, 0.25) is 0 Å². The van der Waals surface area contributed by atoms with E-state index in [-0.39, 0.29) is 21.0 Å². The highest BCUT2D eigenvalue weighted by molar-refractivity contribution is 8.00. The Labute approximate surface area is 267 Å². The topological polar surface area (TPSA) is 112 Å². The summed E-state index contributed by atoms with van der Waals surface area (Å²) in [5.74, 6) is 0.509. The fraction of sp³-hybridized carbons (Fsp3) is 0.375.